The number of halogens is 1. The molecule has 0 amide bonds. The molecule has 1 fully saturated rings. The van der Waals surface area contributed by atoms with Crippen molar-refractivity contribution >= 4 is 5.97 Å². The smallest absolute Gasteiger partial charge is 0.320 e. The van der Waals surface area contributed by atoms with Crippen molar-refractivity contribution in [2.45, 2.75) is 25.4 Å². The number of hydrogen-bond donors (Lipinski definition) is 1. The molecule has 1 unspecified atom stereocenters. The van der Waals surface area contributed by atoms with E-state index in [0.717, 1.165) is 18.5 Å². The Bertz CT molecular complexity index is 510. The molecule has 1 heterocycles. The molecule has 5 heteroatoms. The van der Waals surface area contributed by atoms with Gasteiger partial charge in [0.25, 0.3) is 0 Å². The first-order chi connectivity index (χ1) is 8.61. The number of hydrogen-bond acceptors (Lipinski definition) is 3. The van der Waals surface area contributed by atoms with Crippen LogP contribution in [0.3, 0.4) is 0 Å². The predicted octanol–water partition coefficient (Wildman–Crippen LogP) is 1.75. The van der Waals surface area contributed by atoms with Crippen LogP contribution >= 0.6 is 0 Å². The molecule has 1 aliphatic heterocycles. The number of nitrogens with zero attached hydrogens (tertiary/aromatic N) is 2. The molecule has 0 spiro atoms. The van der Waals surface area contributed by atoms with Gasteiger partial charge in [-0.1, -0.05) is 6.07 Å². The molecule has 0 aliphatic carbocycles. The molecule has 1 saturated heterocycles. The Balaban J connectivity index is 2.14. The van der Waals surface area contributed by atoms with Gasteiger partial charge in [-0.05, 0) is 37.1 Å². The normalized spacial score (nSPS) is 19.7. The minimum absolute atomic E-state index is 0.00132. The molecule has 94 valence electrons. The van der Waals surface area contributed by atoms with Crippen molar-refractivity contribution in [1.82, 2.24) is 4.90 Å². The van der Waals surface area contributed by atoms with Crippen LogP contribution in [0.4, 0.5) is 4.39 Å². The lowest BCUT2D eigenvalue weighted by molar-refractivity contribution is -0.142. The van der Waals surface area contributed by atoms with E-state index < -0.39 is 17.8 Å². The van der Waals surface area contributed by atoms with Gasteiger partial charge in [0.15, 0.2) is 0 Å². The first-order valence-electron chi connectivity index (χ1n) is 5.77. The molecule has 1 aromatic rings. The standard InChI is InChI=1S/C13H13FN2O2/c14-11-4-3-9(6-10(11)7-15)8-16-5-1-2-12(16)13(17)18/h3-4,6,12H,1-2,5,8H2,(H,17,18). The van der Waals surface area contributed by atoms with Crippen LogP contribution in [0, 0.1) is 17.1 Å². The summed E-state index contributed by atoms with van der Waals surface area (Å²) in [6, 6.07) is 5.63. The van der Waals surface area contributed by atoms with Gasteiger partial charge in [0.05, 0.1) is 5.56 Å². The zero-order valence-corrected chi connectivity index (χ0v) is 9.77. The number of carboxylic acid groups (broad SMARTS) is 1. The molecule has 18 heavy (non-hydrogen) atoms. The summed E-state index contributed by atoms with van der Waals surface area (Å²) in [5.41, 5.74) is 0.764. The molecule has 1 N–H and O–H groups in total. The minimum atomic E-state index is -0.824. The highest BCUT2D eigenvalue weighted by Crippen LogP contribution is 2.21. The van der Waals surface area contributed by atoms with Gasteiger partial charge in [0.2, 0.25) is 0 Å². The summed E-state index contributed by atoms with van der Waals surface area (Å²) in [6.07, 6.45) is 1.49. The number of carboxylic acids is 1. The largest absolute Gasteiger partial charge is 0.480 e. The molecule has 1 atom stereocenters. The second-order valence-corrected chi connectivity index (χ2v) is 4.39. The lowest BCUT2D eigenvalue weighted by Gasteiger charge is -2.21. The van der Waals surface area contributed by atoms with Crippen molar-refractivity contribution in [3.63, 3.8) is 0 Å². The van der Waals surface area contributed by atoms with Gasteiger partial charge in [-0.3, -0.25) is 9.69 Å². The average molecular weight is 248 g/mol. The van der Waals surface area contributed by atoms with Gasteiger partial charge in [0, 0.05) is 6.54 Å². The molecule has 1 aliphatic rings. The quantitative estimate of drug-likeness (QED) is 0.885. The van der Waals surface area contributed by atoms with E-state index in [4.69, 9.17) is 10.4 Å². The summed E-state index contributed by atoms with van der Waals surface area (Å²) < 4.78 is 13.2. The van der Waals surface area contributed by atoms with Crippen molar-refractivity contribution < 1.29 is 14.3 Å². The van der Waals surface area contributed by atoms with Crippen molar-refractivity contribution in [2.75, 3.05) is 6.54 Å². The van der Waals surface area contributed by atoms with Crippen LogP contribution in [-0.4, -0.2) is 28.6 Å². The lowest BCUT2D eigenvalue weighted by Crippen LogP contribution is -2.35. The Kier molecular flexibility index (Phi) is 3.58. The van der Waals surface area contributed by atoms with E-state index in [-0.39, 0.29) is 5.56 Å². The van der Waals surface area contributed by atoms with Crippen LogP contribution in [0.5, 0.6) is 0 Å². The highest BCUT2D eigenvalue weighted by atomic mass is 19.1. The Hall–Kier alpha value is -1.93. The van der Waals surface area contributed by atoms with Crippen LogP contribution in [0.1, 0.15) is 24.0 Å². The summed E-state index contributed by atoms with van der Waals surface area (Å²) in [4.78, 5) is 12.9. The molecule has 1 aromatic carbocycles. The van der Waals surface area contributed by atoms with Crippen LogP contribution in [0.25, 0.3) is 0 Å². The van der Waals surface area contributed by atoms with E-state index in [2.05, 4.69) is 0 Å². The summed E-state index contributed by atoms with van der Waals surface area (Å²) in [5, 5.41) is 17.8. The van der Waals surface area contributed by atoms with Crippen LogP contribution in [-0.2, 0) is 11.3 Å². The molecule has 2 rings (SSSR count). The Morgan fingerprint density at radius 3 is 3.06 bits per heavy atom. The summed E-state index contributed by atoms with van der Waals surface area (Å²) in [6.45, 7) is 1.15. The van der Waals surface area contributed by atoms with Gasteiger partial charge < -0.3 is 5.11 Å². The number of carbonyl (C=O) groups is 1. The fourth-order valence-electron chi connectivity index (χ4n) is 2.29. The first-order valence-corrected chi connectivity index (χ1v) is 5.77. The van der Waals surface area contributed by atoms with E-state index >= 15 is 0 Å². The summed E-state index contributed by atoms with van der Waals surface area (Å²) >= 11 is 0. The topological polar surface area (TPSA) is 64.3 Å². The number of benzene rings is 1. The van der Waals surface area contributed by atoms with E-state index in [1.807, 2.05) is 4.90 Å². The average Bonchev–Trinajstić information content (AvgIpc) is 2.80. The third kappa shape index (κ3) is 2.49. The second-order valence-electron chi connectivity index (χ2n) is 4.39. The van der Waals surface area contributed by atoms with E-state index in [1.165, 1.54) is 12.1 Å². The zero-order valence-electron chi connectivity index (χ0n) is 9.77. The van der Waals surface area contributed by atoms with Gasteiger partial charge in [0.1, 0.15) is 17.9 Å². The monoisotopic (exact) mass is 248 g/mol. The molecule has 0 radical (unpaired) electrons. The highest BCUT2D eigenvalue weighted by Gasteiger charge is 2.30. The fraction of sp³-hybridized carbons (Fsp3) is 0.385. The first kappa shape index (κ1) is 12.5. The van der Waals surface area contributed by atoms with Crippen molar-refractivity contribution in [3.8, 4) is 6.07 Å². The van der Waals surface area contributed by atoms with Crippen LogP contribution in [0.15, 0.2) is 18.2 Å². The maximum Gasteiger partial charge on any atom is 0.320 e. The molecule has 4 nitrogen and oxygen atoms in total. The fourth-order valence-corrected chi connectivity index (χ4v) is 2.29. The maximum absolute atomic E-state index is 13.2. The Morgan fingerprint density at radius 1 is 1.61 bits per heavy atom. The zero-order chi connectivity index (χ0) is 13.1. The van der Waals surface area contributed by atoms with Crippen LogP contribution < -0.4 is 0 Å². The highest BCUT2D eigenvalue weighted by molar-refractivity contribution is 5.73. The van der Waals surface area contributed by atoms with Crippen LogP contribution in [0.2, 0.25) is 0 Å². The van der Waals surface area contributed by atoms with E-state index in [1.54, 1.807) is 12.1 Å². The Morgan fingerprint density at radius 2 is 2.39 bits per heavy atom. The molecule has 0 bridgehead atoms. The van der Waals surface area contributed by atoms with E-state index in [9.17, 15) is 9.18 Å². The van der Waals surface area contributed by atoms with Crippen molar-refractivity contribution in [2.24, 2.45) is 0 Å². The Labute approximate surface area is 104 Å². The second kappa shape index (κ2) is 5.15. The maximum atomic E-state index is 13.2. The number of likely N-dealkylation sites (tertiary alicyclic amines) is 1. The third-order valence-electron chi connectivity index (χ3n) is 3.19. The molecular formula is C13H13FN2O2. The van der Waals surface area contributed by atoms with Gasteiger partial charge in [-0.2, -0.15) is 5.26 Å². The minimum Gasteiger partial charge on any atom is -0.480 e. The number of nitriles is 1. The molecular weight excluding hydrogens is 235 g/mol. The third-order valence-corrected chi connectivity index (χ3v) is 3.19. The van der Waals surface area contributed by atoms with Gasteiger partial charge in [-0.25, -0.2) is 4.39 Å². The van der Waals surface area contributed by atoms with Crippen molar-refractivity contribution in [1.29, 1.82) is 5.26 Å². The molecule has 0 aromatic heterocycles. The lowest BCUT2D eigenvalue weighted by atomic mass is 10.1. The van der Waals surface area contributed by atoms with Gasteiger partial charge >= 0.3 is 5.97 Å². The van der Waals surface area contributed by atoms with Gasteiger partial charge in [-0.15, -0.1) is 0 Å². The summed E-state index contributed by atoms with van der Waals surface area (Å²) in [7, 11) is 0. The SMILES string of the molecule is N#Cc1cc(CN2CCCC2C(=O)O)ccc1F. The summed E-state index contributed by atoms with van der Waals surface area (Å²) in [5.74, 6) is -1.37. The van der Waals surface area contributed by atoms with E-state index in [0.29, 0.717) is 13.0 Å². The van der Waals surface area contributed by atoms with Crippen molar-refractivity contribution in [3.05, 3.63) is 35.1 Å². The molecule has 0 saturated carbocycles. The number of rotatable bonds is 3. The number of aliphatic carboxylic acids is 1. The predicted molar refractivity (Wildman–Crippen MR) is 62.2 cm³/mol.